The highest BCUT2D eigenvalue weighted by Gasteiger charge is 2.22. The van der Waals surface area contributed by atoms with E-state index >= 15 is 0 Å². The second kappa shape index (κ2) is 7.91. The minimum atomic E-state index is -2.87. The fourth-order valence-corrected chi connectivity index (χ4v) is 2.78. The number of halogens is 2. The van der Waals surface area contributed by atoms with Crippen molar-refractivity contribution in [2.45, 2.75) is 19.5 Å². The molecule has 26 heavy (non-hydrogen) atoms. The third-order valence-corrected chi connectivity index (χ3v) is 4.05. The smallest absolute Gasteiger partial charge is 0.387 e. The largest absolute Gasteiger partial charge is 0.435 e. The molecule has 1 aliphatic heterocycles. The number of hydrogen-bond donors (Lipinski definition) is 0. The average molecular weight is 357 g/mol. The van der Waals surface area contributed by atoms with Crippen LogP contribution in [0, 0.1) is 0 Å². The first-order chi connectivity index (χ1) is 12.5. The van der Waals surface area contributed by atoms with Gasteiger partial charge in [0.1, 0.15) is 5.75 Å². The molecule has 1 fully saturated rings. The number of ketones is 1. The summed E-state index contributed by atoms with van der Waals surface area (Å²) in [6.45, 7) is -2.20. The summed E-state index contributed by atoms with van der Waals surface area (Å²) in [6, 6.07) is 12.9. The Kier molecular flexibility index (Phi) is 5.41. The molecule has 2 aromatic rings. The van der Waals surface area contributed by atoms with Crippen molar-refractivity contribution >= 4 is 23.5 Å². The summed E-state index contributed by atoms with van der Waals surface area (Å²) in [4.78, 5) is 25.9. The molecule has 134 valence electrons. The number of alkyl halides is 2. The van der Waals surface area contributed by atoms with E-state index in [0.29, 0.717) is 24.1 Å². The molecule has 3 rings (SSSR count). The maximum absolute atomic E-state index is 12.4. The Morgan fingerprint density at radius 2 is 1.92 bits per heavy atom. The number of nitrogens with zero attached hydrogens (tertiary/aromatic N) is 1. The first-order valence-electron chi connectivity index (χ1n) is 8.20. The molecule has 0 spiro atoms. The first-order valence-corrected chi connectivity index (χ1v) is 8.20. The summed E-state index contributed by atoms with van der Waals surface area (Å²) in [7, 11) is 0. The van der Waals surface area contributed by atoms with Gasteiger partial charge in [-0.1, -0.05) is 30.3 Å². The Morgan fingerprint density at radius 3 is 2.58 bits per heavy atom. The standard InChI is InChI=1S/C20H17F2NO3/c21-20(22)26-17-9-6-14(7-10-17)8-11-18(24)15-3-1-4-16(13-15)23-12-2-5-19(23)25/h1,3-4,6-11,13,20H,2,5,12H2/b11-8+. The zero-order valence-corrected chi connectivity index (χ0v) is 13.9. The van der Waals surface area contributed by atoms with Crippen molar-refractivity contribution < 1.29 is 23.1 Å². The van der Waals surface area contributed by atoms with Crippen LogP contribution in [0.4, 0.5) is 14.5 Å². The van der Waals surface area contributed by atoms with Crippen molar-refractivity contribution in [1.82, 2.24) is 0 Å². The number of allylic oxidation sites excluding steroid dienone is 1. The minimum absolute atomic E-state index is 0.0615. The third kappa shape index (κ3) is 4.33. The van der Waals surface area contributed by atoms with Gasteiger partial charge >= 0.3 is 6.61 Å². The van der Waals surface area contributed by atoms with Crippen molar-refractivity contribution in [1.29, 1.82) is 0 Å². The van der Waals surface area contributed by atoms with E-state index in [1.54, 1.807) is 41.3 Å². The Bertz CT molecular complexity index is 831. The second-order valence-corrected chi connectivity index (χ2v) is 5.84. The van der Waals surface area contributed by atoms with Crippen LogP contribution in [0.15, 0.2) is 54.6 Å². The number of benzene rings is 2. The van der Waals surface area contributed by atoms with Crippen molar-refractivity contribution in [3.8, 4) is 5.75 Å². The van der Waals surface area contributed by atoms with E-state index in [4.69, 9.17) is 0 Å². The molecule has 0 aliphatic carbocycles. The lowest BCUT2D eigenvalue weighted by Gasteiger charge is -2.16. The predicted octanol–water partition coefficient (Wildman–Crippen LogP) is 4.31. The normalized spacial score (nSPS) is 14.4. The summed E-state index contributed by atoms with van der Waals surface area (Å²) in [5.74, 6) is -0.0749. The van der Waals surface area contributed by atoms with E-state index in [-0.39, 0.29) is 17.4 Å². The van der Waals surface area contributed by atoms with Crippen LogP contribution in [0.3, 0.4) is 0 Å². The molecule has 0 saturated carbocycles. The van der Waals surface area contributed by atoms with E-state index in [2.05, 4.69) is 4.74 Å². The Labute approximate surface area is 149 Å². The molecule has 1 amide bonds. The Balaban J connectivity index is 1.69. The van der Waals surface area contributed by atoms with E-state index < -0.39 is 6.61 Å². The van der Waals surface area contributed by atoms with Crippen LogP contribution >= 0.6 is 0 Å². The molecular formula is C20H17F2NO3. The molecule has 0 radical (unpaired) electrons. The van der Waals surface area contributed by atoms with Gasteiger partial charge in [0.2, 0.25) is 5.91 Å². The number of carbonyl (C=O) groups is 2. The topological polar surface area (TPSA) is 46.6 Å². The van der Waals surface area contributed by atoms with Crippen LogP contribution in [0.1, 0.15) is 28.8 Å². The number of ether oxygens (including phenoxy) is 1. The lowest BCUT2D eigenvalue weighted by molar-refractivity contribution is -0.117. The molecule has 0 bridgehead atoms. The van der Waals surface area contributed by atoms with E-state index in [1.165, 1.54) is 18.2 Å². The minimum Gasteiger partial charge on any atom is -0.435 e. The number of rotatable bonds is 6. The Morgan fingerprint density at radius 1 is 1.15 bits per heavy atom. The molecule has 6 heteroatoms. The maximum Gasteiger partial charge on any atom is 0.387 e. The molecule has 0 unspecified atom stereocenters. The van der Waals surface area contributed by atoms with Crippen LogP contribution in [-0.4, -0.2) is 24.8 Å². The van der Waals surface area contributed by atoms with Gasteiger partial charge in [0.25, 0.3) is 0 Å². The fourth-order valence-electron chi connectivity index (χ4n) is 2.78. The third-order valence-electron chi connectivity index (χ3n) is 4.05. The number of anilines is 1. The van der Waals surface area contributed by atoms with Gasteiger partial charge in [0, 0.05) is 24.2 Å². The van der Waals surface area contributed by atoms with Gasteiger partial charge in [-0.05, 0) is 42.3 Å². The van der Waals surface area contributed by atoms with Crippen LogP contribution in [0.5, 0.6) is 5.75 Å². The highest BCUT2D eigenvalue weighted by molar-refractivity contribution is 6.08. The fraction of sp³-hybridized carbons (Fsp3) is 0.200. The summed E-state index contributed by atoms with van der Waals surface area (Å²) in [5.41, 5.74) is 1.89. The predicted molar refractivity (Wildman–Crippen MR) is 94.5 cm³/mol. The molecule has 4 nitrogen and oxygen atoms in total. The van der Waals surface area contributed by atoms with Crippen molar-refractivity contribution in [3.63, 3.8) is 0 Å². The number of carbonyl (C=O) groups excluding carboxylic acids is 2. The van der Waals surface area contributed by atoms with Crippen molar-refractivity contribution in [2.75, 3.05) is 11.4 Å². The number of amides is 1. The summed E-state index contributed by atoms with van der Waals surface area (Å²) in [6.07, 6.45) is 4.36. The van der Waals surface area contributed by atoms with Gasteiger partial charge in [-0.15, -0.1) is 0 Å². The van der Waals surface area contributed by atoms with Gasteiger partial charge in [0.15, 0.2) is 5.78 Å². The van der Waals surface area contributed by atoms with Gasteiger partial charge in [-0.2, -0.15) is 8.78 Å². The molecule has 1 saturated heterocycles. The van der Waals surface area contributed by atoms with E-state index in [1.807, 2.05) is 6.07 Å². The summed E-state index contributed by atoms with van der Waals surface area (Å²) in [5, 5.41) is 0. The lowest BCUT2D eigenvalue weighted by atomic mass is 10.1. The molecular weight excluding hydrogens is 340 g/mol. The SMILES string of the molecule is O=C(/C=C/c1ccc(OC(F)F)cc1)c1cccc(N2CCCC2=O)c1. The van der Waals surface area contributed by atoms with E-state index in [0.717, 1.165) is 12.1 Å². The monoisotopic (exact) mass is 357 g/mol. The van der Waals surface area contributed by atoms with Gasteiger partial charge in [-0.3, -0.25) is 9.59 Å². The zero-order valence-electron chi connectivity index (χ0n) is 13.9. The number of hydrogen-bond acceptors (Lipinski definition) is 3. The molecule has 0 N–H and O–H groups in total. The van der Waals surface area contributed by atoms with Crippen LogP contribution in [0.25, 0.3) is 6.08 Å². The summed E-state index contributed by atoms with van der Waals surface area (Å²) >= 11 is 0. The highest BCUT2D eigenvalue weighted by atomic mass is 19.3. The molecule has 1 aliphatic rings. The lowest BCUT2D eigenvalue weighted by Crippen LogP contribution is -2.23. The molecule has 2 aromatic carbocycles. The maximum atomic E-state index is 12.4. The zero-order chi connectivity index (χ0) is 18.5. The molecule has 1 heterocycles. The highest BCUT2D eigenvalue weighted by Crippen LogP contribution is 2.23. The second-order valence-electron chi connectivity index (χ2n) is 5.84. The van der Waals surface area contributed by atoms with Gasteiger partial charge in [-0.25, -0.2) is 0 Å². The van der Waals surface area contributed by atoms with Crippen LogP contribution in [-0.2, 0) is 4.79 Å². The Hall–Kier alpha value is -3.02. The van der Waals surface area contributed by atoms with Crippen LogP contribution < -0.4 is 9.64 Å². The first kappa shape index (κ1) is 17.8. The van der Waals surface area contributed by atoms with Crippen LogP contribution in [0.2, 0.25) is 0 Å². The van der Waals surface area contributed by atoms with Gasteiger partial charge in [0.05, 0.1) is 0 Å². The van der Waals surface area contributed by atoms with Gasteiger partial charge < -0.3 is 9.64 Å². The van der Waals surface area contributed by atoms with Crippen molar-refractivity contribution in [3.05, 3.63) is 65.7 Å². The molecule has 0 atom stereocenters. The average Bonchev–Trinajstić information content (AvgIpc) is 3.06. The van der Waals surface area contributed by atoms with E-state index in [9.17, 15) is 18.4 Å². The summed E-state index contributed by atoms with van der Waals surface area (Å²) < 4.78 is 28.5. The quantitative estimate of drug-likeness (QED) is 0.572. The van der Waals surface area contributed by atoms with Crippen molar-refractivity contribution in [2.24, 2.45) is 0 Å². The molecule has 0 aromatic heterocycles.